The van der Waals surface area contributed by atoms with E-state index in [0.717, 1.165) is 25.7 Å². The highest BCUT2D eigenvalue weighted by Gasteiger charge is 2.43. The third-order valence-electron chi connectivity index (χ3n) is 3.28. The molecule has 92 valence electrons. The van der Waals surface area contributed by atoms with Gasteiger partial charge in [-0.3, -0.25) is 4.79 Å². The van der Waals surface area contributed by atoms with Crippen LogP contribution in [0.25, 0.3) is 0 Å². The van der Waals surface area contributed by atoms with E-state index in [-0.39, 0.29) is 5.91 Å². The third kappa shape index (κ3) is 2.31. The molecule has 1 aliphatic carbocycles. The van der Waals surface area contributed by atoms with Gasteiger partial charge in [0.25, 0.3) is 0 Å². The molecule has 1 saturated carbocycles. The van der Waals surface area contributed by atoms with E-state index in [4.69, 9.17) is 22.5 Å². The minimum Gasteiger partial charge on any atom is -0.392 e. The summed E-state index contributed by atoms with van der Waals surface area (Å²) in [7, 11) is 0. The van der Waals surface area contributed by atoms with Crippen molar-refractivity contribution < 1.29 is 9.32 Å². The van der Waals surface area contributed by atoms with Crippen LogP contribution < -0.4 is 11.1 Å². The Labute approximate surface area is 105 Å². The molecule has 17 heavy (non-hydrogen) atoms. The van der Waals surface area contributed by atoms with Crippen molar-refractivity contribution in [3.63, 3.8) is 0 Å². The summed E-state index contributed by atoms with van der Waals surface area (Å²) < 4.78 is 4.91. The van der Waals surface area contributed by atoms with Crippen molar-refractivity contribution in [2.24, 2.45) is 11.1 Å². The SMILES string of the molecule is NC(=S)C1(C(=O)NCc2ccno2)CCCC1. The predicted octanol–water partition coefficient (Wildman–Crippen LogP) is 1.14. The molecule has 1 aromatic rings. The molecule has 0 aliphatic heterocycles. The van der Waals surface area contributed by atoms with Crippen molar-refractivity contribution >= 4 is 23.1 Å². The summed E-state index contributed by atoms with van der Waals surface area (Å²) in [5, 5.41) is 6.38. The zero-order valence-electron chi connectivity index (χ0n) is 9.44. The second-order valence-corrected chi connectivity index (χ2v) is 4.75. The highest BCUT2D eigenvalue weighted by molar-refractivity contribution is 7.80. The molecule has 0 spiro atoms. The van der Waals surface area contributed by atoms with Crippen molar-refractivity contribution in [3.05, 3.63) is 18.0 Å². The second kappa shape index (κ2) is 4.83. The minimum atomic E-state index is -0.657. The van der Waals surface area contributed by atoms with Gasteiger partial charge in [0.1, 0.15) is 0 Å². The Bertz CT molecular complexity index is 410. The smallest absolute Gasteiger partial charge is 0.233 e. The Morgan fingerprint density at radius 1 is 1.59 bits per heavy atom. The maximum absolute atomic E-state index is 12.2. The number of aromatic nitrogens is 1. The van der Waals surface area contributed by atoms with Gasteiger partial charge in [-0.1, -0.05) is 30.2 Å². The van der Waals surface area contributed by atoms with Crippen LogP contribution in [0.5, 0.6) is 0 Å². The summed E-state index contributed by atoms with van der Waals surface area (Å²) in [6.45, 7) is 0.323. The number of nitrogens with zero attached hydrogens (tertiary/aromatic N) is 1. The number of hydrogen-bond donors (Lipinski definition) is 2. The van der Waals surface area contributed by atoms with Gasteiger partial charge in [0.15, 0.2) is 5.76 Å². The molecule has 1 amide bonds. The monoisotopic (exact) mass is 253 g/mol. The first-order valence-corrected chi connectivity index (χ1v) is 6.04. The minimum absolute atomic E-state index is 0.0982. The molecule has 0 atom stereocenters. The first-order chi connectivity index (χ1) is 8.15. The predicted molar refractivity (Wildman–Crippen MR) is 66.0 cm³/mol. The molecule has 5 nitrogen and oxygen atoms in total. The molecule has 1 aromatic heterocycles. The molecule has 0 bridgehead atoms. The van der Waals surface area contributed by atoms with Crippen molar-refractivity contribution in [3.8, 4) is 0 Å². The molecular weight excluding hydrogens is 238 g/mol. The number of nitrogens with one attached hydrogen (secondary N) is 1. The fourth-order valence-electron chi connectivity index (χ4n) is 2.23. The largest absolute Gasteiger partial charge is 0.392 e. The molecule has 0 radical (unpaired) electrons. The number of nitrogens with two attached hydrogens (primary N) is 1. The van der Waals surface area contributed by atoms with Crippen LogP contribution in [0.4, 0.5) is 0 Å². The van der Waals surface area contributed by atoms with Gasteiger partial charge in [-0.2, -0.15) is 0 Å². The van der Waals surface area contributed by atoms with Crippen molar-refractivity contribution in [1.82, 2.24) is 10.5 Å². The molecule has 2 rings (SSSR count). The Morgan fingerprint density at radius 3 is 2.82 bits per heavy atom. The van der Waals surface area contributed by atoms with Crippen LogP contribution in [0.15, 0.2) is 16.8 Å². The Morgan fingerprint density at radius 2 is 2.29 bits per heavy atom. The van der Waals surface area contributed by atoms with E-state index < -0.39 is 5.41 Å². The van der Waals surface area contributed by atoms with Gasteiger partial charge in [-0.25, -0.2) is 0 Å². The van der Waals surface area contributed by atoms with Crippen LogP contribution in [-0.4, -0.2) is 16.1 Å². The van der Waals surface area contributed by atoms with E-state index >= 15 is 0 Å². The standard InChI is InChI=1S/C11H15N3O2S/c12-9(17)11(4-1-2-5-11)10(15)13-7-8-3-6-14-16-8/h3,6H,1-2,4-5,7H2,(H2,12,17)(H,13,15). The molecule has 1 aliphatic rings. The lowest BCUT2D eigenvalue weighted by atomic mass is 9.85. The Balaban J connectivity index is 2.00. The van der Waals surface area contributed by atoms with Gasteiger partial charge in [0.05, 0.1) is 23.1 Å². The molecule has 3 N–H and O–H groups in total. The molecule has 0 aromatic carbocycles. The van der Waals surface area contributed by atoms with Crippen LogP contribution in [0.1, 0.15) is 31.4 Å². The highest BCUT2D eigenvalue weighted by Crippen LogP contribution is 2.38. The average molecular weight is 253 g/mol. The van der Waals surface area contributed by atoms with Crippen molar-refractivity contribution in [1.29, 1.82) is 0 Å². The zero-order chi connectivity index (χ0) is 12.3. The third-order valence-corrected chi connectivity index (χ3v) is 3.67. The number of amides is 1. The van der Waals surface area contributed by atoms with E-state index in [1.54, 1.807) is 12.3 Å². The topological polar surface area (TPSA) is 81.2 Å². The maximum atomic E-state index is 12.2. The highest BCUT2D eigenvalue weighted by atomic mass is 32.1. The van der Waals surface area contributed by atoms with Gasteiger partial charge in [0, 0.05) is 6.07 Å². The number of carbonyl (C=O) groups excluding carboxylic acids is 1. The fraction of sp³-hybridized carbons (Fsp3) is 0.545. The van der Waals surface area contributed by atoms with Crippen molar-refractivity contribution in [2.75, 3.05) is 0 Å². The summed E-state index contributed by atoms with van der Waals surface area (Å²) in [4.78, 5) is 12.5. The average Bonchev–Trinajstić information content (AvgIpc) is 2.97. The van der Waals surface area contributed by atoms with E-state index in [0.29, 0.717) is 17.3 Å². The van der Waals surface area contributed by atoms with Gasteiger partial charge in [-0.15, -0.1) is 0 Å². The lowest BCUT2D eigenvalue weighted by molar-refractivity contribution is -0.127. The van der Waals surface area contributed by atoms with E-state index in [9.17, 15) is 4.79 Å². The van der Waals surface area contributed by atoms with Crippen LogP contribution in [0, 0.1) is 5.41 Å². The summed E-state index contributed by atoms with van der Waals surface area (Å²) in [5.74, 6) is 0.522. The molecule has 0 saturated heterocycles. The summed E-state index contributed by atoms with van der Waals surface area (Å²) in [6, 6.07) is 1.71. The summed E-state index contributed by atoms with van der Waals surface area (Å²) >= 11 is 5.04. The lowest BCUT2D eigenvalue weighted by Gasteiger charge is -2.25. The van der Waals surface area contributed by atoms with E-state index in [2.05, 4.69) is 10.5 Å². The quantitative estimate of drug-likeness (QED) is 0.786. The van der Waals surface area contributed by atoms with Gasteiger partial charge in [-0.05, 0) is 12.8 Å². The normalized spacial score (nSPS) is 17.9. The number of hydrogen-bond acceptors (Lipinski definition) is 4. The summed E-state index contributed by atoms with van der Waals surface area (Å²) in [6.07, 6.45) is 5.01. The molecule has 1 fully saturated rings. The van der Waals surface area contributed by atoms with Crippen LogP contribution in [0.2, 0.25) is 0 Å². The fourth-order valence-corrected chi connectivity index (χ4v) is 2.53. The Hall–Kier alpha value is -1.43. The molecule has 6 heteroatoms. The number of rotatable bonds is 4. The van der Waals surface area contributed by atoms with Crippen LogP contribution >= 0.6 is 12.2 Å². The van der Waals surface area contributed by atoms with Crippen molar-refractivity contribution in [2.45, 2.75) is 32.2 Å². The van der Waals surface area contributed by atoms with Gasteiger partial charge >= 0.3 is 0 Å². The second-order valence-electron chi connectivity index (χ2n) is 4.31. The molecule has 1 heterocycles. The van der Waals surface area contributed by atoms with E-state index in [1.807, 2.05) is 0 Å². The molecule has 0 unspecified atom stereocenters. The van der Waals surface area contributed by atoms with Gasteiger partial charge < -0.3 is 15.6 Å². The van der Waals surface area contributed by atoms with E-state index in [1.165, 1.54) is 0 Å². The maximum Gasteiger partial charge on any atom is 0.233 e. The number of thiocarbonyl (C=S) groups is 1. The summed E-state index contributed by atoms with van der Waals surface area (Å²) in [5.41, 5.74) is 5.06. The number of carbonyl (C=O) groups is 1. The lowest BCUT2D eigenvalue weighted by Crippen LogP contribution is -2.46. The Kier molecular flexibility index (Phi) is 3.42. The van der Waals surface area contributed by atoms with Crippen LogP contribution in [-0.2, 0) is 11.3 Å². The first kappa shape index (κ1) is 12.0. The zero-order valence-corrected chi connectivity index (χ0v) is 10.3. The first-order valence-electron chi connectivity index (χ1n) is 5.63. The molecular formula is C11H15N3O2S. The van der Waals surface area contributed by atoms with Gasteiger partial charge in [0.2, 0.25) is 5.91 Å². The van der Waals surface area contributed by atoms with Crippen LogP contribution in [0.3, 0.4) is 0 Å².